The zero-order valence-corrected chi connectivity index (χ0v) is 27.8. The molecule has 0 aliphatic rings. The second kappa shape index (κ2) is 32.5. The Morgan fingerprint density at radius 1 is 0.628 bits per heavy atom. The van der Waals surface area contributed by atoms with E-state index < -0.39 is 5.97 Å². The quantitative estimate of drug-likeness (QED) is 0.0467. The van der Waals surface area contributed by atoms with Gasteiger partial charge in [-0.2, -0.15) is 0 Å². The highest BCUT2D eigenvalue weighted by molar-refractivity contribution is 5.80. The third kappa shape index (κ3) is 32.4. The molecular formula is C37H65NO5. The maximum absolute atomic E-state index is 12.6. The first kappa shape index (κ1) is 40.6. The number of aliphatic carboxylic acids is 1. The number of carbonyl (C=O) groups is 3. The van der Waals surface area contributed by atoms with Gasteiger partial charge in [-0.3, -0.25) is 14.4 Å². The van der Waals surface area contributed by atoms with Crippen LogP contribution in [0.2, 0.25) is 0 Å². The molecule has 248 valence electrons. The minimum atomic E-state index is -1.03. The Hall–Kier alpha value is -2.37. The third-order valence-corrected chi connectivity index (χ3v) is 7.55. The molecule has 0 aromatic carbocycles. The van der Waals surface area contributed by atoms with E-state index in [0.29, 0.717) is 12.8 Å². The van der Waals surface area contributed by atoms with Gasteiger partial charge in [-0.15, -0.1) is 0 Å². The maximum atomic E-state index is 12.6. The SMILES string of the molecule is CCCCC/C=C\C/C=C\C/C=C\C(CCCCCCCC(=O)NCC(=O)O)OC(=O)CCCCCCCCCCCC. The number of esters is 1. The number of unbranched alkanes of at least 4 members (excludes halogenated alkanes) is 16. The summed E-state index contributed by atoms with van der Waals surface area (Å²) in [6.45, 7) is 4.15. The van der Waals surface area contributed by atoms with Crippen molar-refractivity contribution in [1.29, 1.82) is 0 Å². The molecular weight excluding hydrogens is 538 g/mol. The Kier molecular flexibility index (Phi) is 30.7. The van der Waals surface area contributed by atoms with Crippen LogP contribution < -0.4 is 5.32 Å². The highest BCUT2D eigenvalue weighted by Crippen LogP contribution is 2.15. The molecule has 0 spiro atoms. The van der Waals surface area contributed by atoms with E-state index in [1.54, 1.807) is 0 Å². The average Bonchev–Trinajstić information content (AvgIpc) is 2.99. The second-order valence-electron chi connectivity index (χ2n) is 11.8. The number of amides is 1. The monoisotopic (exact) mass is 603 g/mol. The summed E-state index contributed by atoms with van der Waals surface area (Å²) in [5, 5.41) is 11.0. The minimum absolute atomic E-state index is 0.0923. The first-order valence-electron chi connectivity index (χ1n) is 17.6. The fourth-order valence-electron chi connectivity index (χ4n) is 4.91. The molecule has 0 aromatic rings. The summed E-state index contributed by atoms with van der Waals surface area (Å²) in [5.74, 6) is -1.33. The largest absolute Gasteiger partial charge is 0.480 e. The van der Waals surface area contributed by atoms with Crippen molar-refractivity contribution in [2.45, 2.75) is 174 Å². The van der Waals surface area contributed by atoms with Gasteiger partial charge in [-0.1, -0.05) is 134 Å². The highest BCUT2D eigenvalue weighted by Gasteiger charge is 2.11. The van der Waals surface area contributed by atoms with Crippen LogP contribution in [0.1, 0.15) is 168 Å². The normalized spacial score (nSPS) is 12.4. The van der Waals surface area contributed by atoms with E-state index in [0.717, 1.165) is 70.6 Å². The lowest BCUT2D eigenvalue weighted by Gasteiger charge is -2.14. The van der Waals surface area contributed by atoms with Crippen molar-refractivity contribution in [3.05, 3.63) is 36.5 Å². The van der Waals surface area contributed by atoms with Crippen molar-refractivity contribution >= 4 is 17.8 Å². The van der Waals surface area contributed by atoms with E-state index >= 15 is 0 Å². The summed E-state index contributed by atoms with van der Waals surface area (Å²) >= 11 is 0. The van der Waals surface area contributed by atoms with Crippen LogP contribution in [0.4, 0.5) is 0 Å². The van der Waals surface area contributed by atoms with Crippen molar-refractivity contribution in [2.24, 2.45) is 0 Å². The molecule has 1 atom stereocenters. The van der Waals surface area contributed by atoms with Crippen molar-refractivity contribution in [3.63, 3.8) is 0 Å². The van der Waals surface area contributed by atoms with Gasteiger partial charge in [0.2, 0.25) is 5.91 Å². The van der Waals surface area contributed by atoms with Crippen LogP contribution in [0.5, 0.6) is 0 Å². The standard InChI is InChI=1S/C37H65NO5/c1-3-5-7-9-11-13-15-16-18-21-25-29-34(30-26-22-20-23-27-31-35(39)38-33-36(40)41)43-37(42)32-28-24-19-17-14-12-10-8-6-4-2/h11,13,16,18,25,29,34H,3-10,12,14-15,17,19-24,26-28,30-33H2,1-2H3,(H,38,39)(H,40,41)/b13-11-,18-16-,29-25-. The molecule has 0 fully saturated rings. The van der Waals surface area contributed by atoms with Gasteiger partial charge in [0, 0.05) is 12.8 Å². The molecule has 0 aromatic heterocycles. The lowest BCUT2D eigenvalue weighted by Crippen LogP contribution is -2.28. The molecule has 6 nitrogen and oxygen atoms in total. The molecule has 0 bridgehead atoms. The average molecular weight is 604 g/mol. The van der Waals surface area contributed by atoms with E-state index in [4.69, 9.17) is 9.84 Å². The van der Waals surface area contributed by atoms with Crippen molar-refractivity contribution in [1.82, 2.24) is 5.32 Å². The third-order valence-electron chi connectivity index (χ3n) is 7.55. The number of carboxylic acids is 1. The lowest BCUT2D eigenvalue weighted by molar-refractivity contribution is -0.147. The molecule has 0 aliphatic carbocycles. The predicted molar refractivity (Wildman–Crippen MR) is 180 cm³/mol. The van der Waals surface area contributed by atoms with Crippen LogP contribution in [-0.4, -0.2) is 35.6 Å². The van der Waals surface area contributed by atoms with Gasteiger partial charge >= 0.3 is 11.9 Å². The van der Waals surface area contributed by atoms with Gasteiger partial charge < -0.3 is 15.2 Å². The fourth-order valence-corrected chi connectivity index (χ4v) is 4.91. The Morgan fingerprint density at radius 3 is 1.77 bits per heavy atom. The van der Waals surface area contributed by atoms with Gasteiger partial charge in [0.25, 0.3) is 0 Å². The summed E-state index contributed by atoms with van der Waals surface area (Å²) in [6, 6.07) is 0. The first-order chi connectivity index (χ1) is 21.0. The van der Waals surface area contributed by atoms with Crippen LogP contribution >= 0.6 is 0 Å². The Labute approximate surface area is 264 Å². The van der Waals surface area contributed by atoms with Crippen LogP contribution in [0.15, 0.2) is 36.5 Å². The highest BCUT2D eigenvalue weighted by atomic mass is 16.5. The molecule has 43 heavy (non-hydrogen) atoms. The minimum Gasteiger partial charge on any atom is -0.480 e. The van der Waals surface area contributed by atoms with Crippen molar-refractivity contribution in [2.75, 3.05) is 6.54 Å². The molecule has 0 saturated carbocycles. The van der Waals surface area contributed by atoms with Gasteiger partial charge in [-0.05, 0) is 57.4 Å². The van der Waals surface area contributed by atoms with Crippen molar-refractivity contribution in [3.8, 4) is 0 Å². The van der Waals surface area contributed by atoms with E-state index in [1.807, 2.05) is 6.08 Å². The van der Waals surface area contributed by atoms with Crippen LogP contribution in [0.25, 0.3) is 0 Å². The van der Waals surface area contributed by atoms with Crippen LogP contribution in [0, 0.1) is 0 Å². The van der Waals surface area contributed by atoms with Crippen LogP contribution in [-0.2, 0) is 19.1 Å². The number of hydrogen-bond acceptors (Lipinski definition) is 4. The number of allylic oxidation sites excluding steroid dienone is 5. The summed E-state index contributed by atoms with van der Waals surface area (Å²) in [7, 11) is 0. The van der Waals surface area contributed by atoms with E-state index in [1.165, 1.54) is 70.6 Å². The van der Waals surface area contributed by atoms with E-state index in [9.17, 15) is 14.4 Å². The topological polar surface area (TPSA) is 92.7 Å². The molecule has 0 rings (SSSR count). The van der Waals surface area contributed by atoms with E-state index in [-0.39, 0.29) is 24.5 Å². The van der Waals surface area contributed by atoms with Gasteiger partial charge in [0.1, 0.15) is 12.6 Å². The second-order valence-corrected chi connectivity index (χ2v) is 11.8. The number of ether oxygens (including phenoxy) is 1. The molecule has 0 saturated heterocycles. The smallest absolute Gasteiger partial charge is 0.322 e. The zero-order chi connectivity index (χ0) is 31.6. The zero-order valence-electron chi connectivity index (χ0n) is 27.8. The molecule has 0 aliphatic heterocycles. The van der Waals surface area contributed by atoms with Gasteiger partial charge in [-0.25, -0.2) is 0 Å². The molecule has 6 heteroatoms. The van der Waals surface area contributed by atoms with Gasteiger partial charge in [0.15, 0.2) is 0 Å². The first-order valence-corrected chi connectivity index (χ1v) is 17.6. The van der Waals surface area contributed by atoms with Crippen molar-refractivity contribution < 1.29 is 24.2 Å². The fraction of sp³-hybridized carbons (Fsp3) is 0.757. The summed E-state index contributed by atoms with van der Waals surface area (Å²) in [5.41, 5.74) is 0. The number of carboxylic acid groups (broad SMARTS) is 1. The Morgan fingerprint density at radius 2 is 1.14 bits per heavy atom. The summed E-state index contributed by atoms with van der Waals surface area (Å²) in [6.07, 6.45) is 38.4. The molecule has 0 heterocycles. The lowest BCUT2D eigenvalue weighted by atomic mass is 10.1. The molecule has 1 unspecified atom stereocenters. The van der Waals surface area contributed by atoms with E-state index in [2.05, 4.69) is 49.5 Å². The maximum Gasteiger partial charge on any atom is 0.322 e. The number of carbonyl (C=O) groups excluding carboxylic acids is 2. The number of hydrogen-bond donors (Lipinski definition) is 2. The predicted octanol–water partition coefficient (Wildman–Crippen LogP) is 10.2. The Balaban J connectivity index is 4.35. The summed E-state index contributed by atoms with van der Waals surface area (Å²) in [4.78, 5) is 34.7. The summed E-state index contributed by atoms with van der Waals surface area (Å²) < 4.78 is 5.87. The molecule has 1 amide bonds. The van der Waals surface area contributed by atoms with Crippen LogP contribution in [0.3, 0.4) is 0 Å². The molecule has 0 radical (unpaired) electrons. The number of rotatable bonds is 31. The number of nitrogens with one attached hydrogen (secondary N) is 1. The molecule has 2 N–H and O–H groups in total. The van der Waals surface area contributed by atoms with Gasteiger partial charge in [0.05, 0.1) is 0 Å². The Bertz CT molecular complexity index is 758.